The molecule has 1 unspecified atom stereocenters. The number of nitrogens with one attached hydrogen (secondary N) is 1. The van der Waals surface area contributed by atoms with Crippen molar-refractivity contribution < 1.29 is 5.11 Å². The first-order valence-corrected chi connectivity index (χ1v) is 7.37. The van der Waals surface area contributed by atoms with Crippen molar-refractivity contribution in [1.29, 1.82) is 0 Å². The van der Waals surface area contributed by atoms with Crippen LogP contribution in [-0.4, -0.2) is 30.3 Å². The Bertz CT molecular complexity index is 395. The predicted molar refractivity (Wildman–Crippen MR) is 80.5 cm³/mol. The molecule has 1 aromatic carbocycles. The van der Waals surface area contributed by atoms with E-state index in [0.717, 1.165) is 13.0 Å². The number of aliphatic hydroxyl groups excluding tert-OH is 1. The van der Waals surface area contributed by atoms with Gasteiger partial charge in [0.15, 0.2) is 0 Å². The quantitative estimate of drug-likeness (QED) is 0.827. The molecule has 1 atom stereocenters. The fourth-order valence-corrected chi connectivity index (χ4v) is 2.53. The van der Waals surface area contributed by atoms with Crippen molar-refractivity contribution in [3.8, 4) is 0 Å². The molecule has 1 aliphatic heterocycles. The van der Waals surface area contributed by atoms with E-state index in [0.29, 0.717) is 0 Å². The first kappa shape index (κ1) is 14.4. The van der Waals surface area contributed by atoms with Crippen molar-refractivity contribution in [3.05, 3.63) is 29.8 Å². The summed E-state index contributed by atoms with van der Waals surface area (Å²) in [6.45, 7) is 7.51. The Morgan fingerprint density at radius 1 is 1.26 bits per heavy atom. The molecule has 0 saturated carbocycles. The Morgan fingerprint density at radius 3 is 2.58 bits per heavy atom. The zero-order valence-electron chi connectivity index (χ0n) is 12.2. The summed E-state index contributed by atoms with van der Waals surface area (Å²) < 4.78 is 0. The second kappa shape index (κ2) is 6.40. The Kier molecular flexibility index (Phi) is 4.83. The van der Waals surface area contributed by atoms with Gasteiger partial charge in [0.1, 0.15) is 0 Å². The maximum absolute atomic E-state index is 9.47. The van der Waals surface area contributed by atoms with E-state index < -0.39 is 0 Å². The SMILES string of the molecule is CCC(C)(CO)NCc1ccccc1N1CCCC1. The van der Waals surface area contributed by atoms with Crippen molar-refractivity contribution in [2.24, 2.45) is 0 Å². The number of hydrogen-bond donors (Lipinski definition) is 2. The zero-order chi connectivity index (χ0) is 13.7. The molecule has 1 fully saturated rings. The van der Waals surface area contributed by atoms with E-state index in [1.165, 1.54) is 37.2 Å². The monoisotopic (exact) mass is 262 g/mol. The fourth-order valence-electron chi connectivity index (χ4n) is 2.53. The predicted octanol–water partition coefficient (Wildman–Crippen LogP) is 2.54. The van der Waals surface area contributed by atoms with Crippen LogP contribution in [0.3, 0.4) is 0 Å². The number of aliphatic hydroxyl groups is 1. The van der Waals surface area contributed by atoms with Crippen LogP contribution < -0.4 is 10.2 Å². The molecular weight excluding hydrogens is 236 g/mol. The maximum Gasteiger partial charge on any atom is 0.0610 e. The summed E-state index contributed by atoms with van der Waals surface area (Å²) in [7, 11) is 0. The van der Waals surface area contributed by atoms with E-state index in [1.54, 1.807) is 0 Å². The summed E-state index contributed by atoms with van der Waals surface area (Å²) in [6.07, 6.45) is 3.52. The topological polar surface area (TPSA) is 35.5 Å². The number of rotatable bonds is 6. The van der Waals surface area contributed by atoms with Gasteiger partial charge in [-0.2, -0.15) is 0 Å². The number of para-hydroxylation sites is 1. The zero-order valence-corrected chi connectivity index (χ0v) is 12.2. The lowest BCUT2D eigenvalue weighted by atomic mass is 9.99. The minimum Gasteiger partial charge on any atom is -0.394 e. The molecule has 3 nitrogen and oxygen atoms in total. The molecule has 0 radical (unpaired) electrons. The van der Waals surface area contributed by atoms with Crippen molar-refractivity contribution in [2.45, 2.75) is 45.2 Å². The van der Waals surface area contributed by atoms with E-state index in [-0.39, 0.29) is 12.1 Å². The van der Waals surface area contributed by atoms with Gasteiger partial charge in [-0.05, 0) is 37.8 Å². The Morgan fingerprint density at radius 2 is 1.95 bits per heavy atom. The molecule has 2 N–H and O–H groups in total. The molecule has 0 spiro atoms. The van der Waals surface area contributed by atoms with Gasteiger partial charge in [0.2, 0.25) is 0 Å². The van der Waals surface area contributed by atoms with Crippen LogP contribution in [0.25, 0.3) is 0 Å². The van der Waals surface area contributed by atoms with Gasteiger partial charge in [-0.25, -0.2) is 0 Å². The van der Waals surface area contributed by atoms with E-state index >= 15 is 0 Å². The molecule has 3 heteroatoms. The van der Waals surface area contributed by atoms with E-state index in [4.69, 9.17) is 0 Å². The van der Waals surface area contributed by atoms with Gasteiger partial charge in [0.25, 0.3) is 0 Å². The third-order valence-corrected chi connectivity index (χ3v) is 4.27. The highest BCUT2D eigenvalue weighted by Gasteiger charge is 2.21. The third kappa shape index (κ3) is 3.48. The number of hydrogen-bond acceptors (Lipinski definition) is 3. The van der Waals surface area contributed by atoms with Gasteiger partial charge in [0.05, 0.1) is 6.61 Å². The van der Waals surface area contributed by atoms with Crippen LogP contribution >= 0.6 is 0 Å². The Balaban J connectivity index is 2.07. The summed E-state index contributed by atoms with van der Waals surface area (Å²) >= 11 is 0. The minimum absolute atomic E-state index is 0.176. The summed E-state index contributed by atoms with van der Waals surface area (Å²) in [5.74, 6) is 0. The molecule has 106 valence electrons. The Labute approximate surface area is 116 Å². The lowest BCUT2D eigenvalue weighted by Crippen LogP contribution is -2.44. The van der Waals surface area contributed by atoms with Crippen LogP contribution in [0.2, 0.25) is 0 Å². The van der Waals surface area contributed by atoms with E-state index in [1.807, 2.05) is 0 Å². The second-order valence-electron chi connectivity index (χ2n) is 5.75. The lowest BCUT2D eigenvalue weighted by molar-refractivity contribution is 0.169. The largest absolute Gasteiger partial charge is 0.394 e. The Hall–Kier alpha value is -1.06. The third-order valence-electron chi connectivity index (χ3n) is 4.27. The van der Waals surface area contributed by atoms with Gasteiger partial charge >= 0.3 is 0 Å². The average molecular weight is 262 g/mol. The molecule has 1 aliphatic rings. The molecule has 0 bridgehead atoms. The average Bonchev–Trinajstić information content (AvgIpc) is 2.99. The van der Waals surface area contributed by atoms with Crippen molar-refractivity contribution in [2.75, 3.05) is 24.6 Å². The fraction of sp³-hybridized carbons (Fsp3) is 0.625. The number of nitrogens with zero attached hydrogens (tertiary/aromatic N) is 1. The summed E-state index contributed by atoms with van der Waals surface area (Å²) in [5, 5.41) is 13.0. The molecule has 2 rings (SSSR count). The van der Waals surface area contributed by atoms with Crippen molar-refractivity contribution >= 4 is 5.69 Å². The van der Waals surface area contributed by atoms with Crippen molar-refractivity contribution in [3.63, 3.8) is 0 Å². The van der Waals surface area contributed by atoms with Gasteiger partial charge < -0.3 is 15.3 Å². The standard InChI is InChI=1S/C16H26N2O/c1-3-16(2,13-19)17-12-14-8-4-5-9-15(14)18-10-6-7-11-18/h4-5,8-9,17,19H,3,6-7,10-13H2,1-2H3. The molecule has 0 aromatic heterocycles. The number of anilines is 1. The van der Waals surface area contributed by atoms with Crippen LogP contribution in [0, 0.1) is 0 Å². The first-order valence-electron chi connectivity index (χ1n) is 7.37. The van der Waals surface area contributed by atoms with Gasteiger partial charge in [0, 0.05) is 30.9 Å². The van der Waals surface area contributed by atoms with Gasteiger partial charge in [-0.1, -0.05) is 25.1 Å². The summed E-state index contributed by atoms with van der Waals surface area (Å²) in [4.78, 5) is 2.47. The lowest BCUT2D eigenvalue weighted by Gasteiger charge is -2.29. The molecular formula is C16H26N2O. The summed E-state index contributed by atoms with van der Waals surface area (Å²) in [5.41, 5.74) is 2.50. The molecule has 19 heavy (non-hydrogen) atoms. The minimum atomic E-state index is -0.182. The molecule has 0 amide bonds. The van der Waals surface area contributed by atoms with Crippen molar-refractivity contribution in [1.82, 2.24) is 5.32 Å². The summed E-state index contributed by atoms with van der Waals surface area (Å²) in [6, 6.07) is 8.61. The molecule has 0 aliphatic carbocycles. The maximum atomic E-state index is 9.47. The smallest absolute Gasteiger partial charge is 0.0610 e. The normalized spacial score (nSPS) is 18.6. The van der Waals surface area contributed by atoms with Crippen LogP contribution in [0.4, 0.5) is 5.69 Å². The molecule has 1 aromatic rings. The van der Waals surface area contributed by atoms with Gasteiger partial charge in [-0.3, -0.25) is 0 Å². The van der Waals surface area contributed by atoms with Gasteiger partial charge in [-0.15, -0.1) is 0 Å². The highest BCUT2D eigenvalue weighted by molar-refractivity contribution is 5.54. The highest BCUT2D eigenvalue weighted by Crippen LogP contribution is 2.25. The molecule has 1 saturated heterocycles. The van der Waals surface area contributed by atoms with Crippen LogP contribution in [0.5, 0.6) is 0 Å². The van der Waals surface area contributed by atoms with E-state index in [9.17, 15) is 5.11 Å². The molecule has 1 heterocycles. The van der Waals surface area contributed by atoms with Crippen LogP contribution in [0.15, 0.2) is 24.3 Å². The first-order chi connectivity index (χ1) is 9.18. The second-order valence-corrected chi connectivity index (χ2v) is 5.75. The van der Waals surface area contributed by atoms with E-state index in [2.05, 4.69) is 48.3 Å². The van der Waals surface area contributed by atoms with Crippen LogP contribution in [-0.2, 0) is 6.54 Å². The highest BCUT2D eigenvalue weighted by atomic mass is 16.3. The van der Waals surface area contributed by atoms with Crippen LogP contribution in [0.1, 0.15) is 38.7 Å². The number of benzene rings is 1.